The van der Waals surface area contributed by atoms with Crippen molar-refractivity contribution >= 4 is 11.4 Å². The monoisotopic (exact) mass is 288 g/mol. The molecule has 0 aromatic heterocycles. The van der Waals surface area contributed by atoms with E-state index in [0.29, 0.717) is 23.5 Å². The van der Waals surface area contributed by atoms with Gasteiger partial charge in [0.15, 0.2) is 0 Å². The van der Waals surface area contributed by atoms with Crippen molar-refractivity contribution in [2.24, 2.45) is 0 Å². The van der Waals surface area contributed by atoms with E-state index < -0.39 is 6.10 Å². The van der Waals surface area contributed by atoms with Crippen LogP contribution in [0.25, 0.3) is 11.1 Å². The molecule has 1 unspecified atom stereocenters. The number of para-hydroxylation sites is 1. The summed E-state index contributed by atoms with van der Waals surface area (Å²) in [5.74, 6) is 0.698. The molecule has 0 heterocycles. The van der Waals surface area contributed by atoms with Crippen molar-refractivity contribution in [3.63, 3.8) is 0 Å². The van der Waals surface area contributed by atoms with E-state index in [9.17, 15) is 5.11 Å². The Labute approximate surface area is 123 Å². The standard InChI is InChI=1S/C16H20N2O3/c1-21-15-5-3-2-4-12(15)13-7-10(6-11(20)9-19)8-14(17)16(13)18/h2-5,7-8,11,19-20H,6,9,17-18H2,1H3. The highest BCUT2D eigenvalue weighted by molar-refractivity contribution is 5.87. The van der Waals surface area contributed by atoms with Crippen molar-refractivity contribution in [1.82, 2.24) is 0 Å². The minimum absolute atomic E-state index is 0.297. The maximum atomic E-state index is 9.59. The predicted octanol–water partition coefficient (Wildman–Crippen LogP) is 1.42. The number of anilines is 2. The lowest BCUT2D eigenvalue weighted by Crippen LogP contribution is -2.15. The van der Waals surface area contributed by atoms with Crippen LogP contribution in [0.5, 0.6) is 5.75 Å². The predicted molar refractivity (Wildman–Crippen MR) is 84.1 cm³/mol. The van der Waals surface area contributed by atoms with Gasteiger partial charge >= 0.3 is 0 Å². The van der Waals surface area contributed by atoms with Gasteiger partial charge in [-0.15, -0.1) is 0 Å². The van der Waals surface area contributed by atoms with Crippen LogP contribution >= 0.6 is 0 Å². The number of methoxy groups -OCH3 is 1. The molecule has 0 aliphatic heterocycles. The van der Waals surface area contributed by atoms with Crippen molar-refractivity contribution in [3.8, 4) is 16.9 Å². The van der Waals surface area contributed by atoms with Crippen LogP contribution < -0.4 is 16.2 Å². The molecule has 5 heteroatoms. The summed E-state index contributed by atoms with van der Waals surface area (Å²) in [5.41, 5.74) is 15.4. The summed E-state index contributed by atoms with van der Waals surface area (Å²) in [5, 5.41) is 18.5. The zero-order valence-electron chi connectivity index (χ0n) is 11.9. The molecule has 21 heavy (non-hydrogen) atoms. The Morgan fingerprint density at radius 3 is 2.52 bits per heavy atom. The lowest BCUT2D eigenvalue weighted by molar-refractivity contribution is 0.0955. The van der Waals surface area contributed by atoms with Crippen molar-refractivity contribution in [1.29, 1.82) is 0 Å². The lowest BCUT2D eigenvalue weighted by Gasteiger charge is -2.15. The minimum Gasteiger partial charge on any atom is -0.496 e. The Morgan fingerprint density at radius 1 is 1.14 bits per heavy atom. The summed E-state index contributed by atoms with van der Waals surface area (Å²) in [4.78, 5) is 0. The lowest BCUT2D eigenvalue weighted by atomic mass is 9.96. The molecule has 2 aromatic rings. The first-order valence-electron chi connectivity index (χ1n) is 6.67. The van der Waals surface area contributed by atoms with E-state index in [2.05, 4.69) is 0 Å². The second-order valence-electron chi connectivity index (χ2n) is 4.89. The smallest absolute Gasteiger partial charge is 0.126 e. The number of benzene rings is 2. The SMILES string of the molecule is COc1ccccc1-c1cc(CC(O)CO)cc(N)c1N. The molecule has 0 fully saturated rings. The average Bonchev–Trinajstić information content (AvgIpc) is 2.50. The van der Waals surface area contributed by atoms with E-state index in [1.54, 1.807) is 13.2 Å². The topological polar surface area (TPSA) is 102 Å². The number of nitrogens with two attached hydrogens (primary N) is 2. The highest BCUT2D eigenvalue weighted by Crippen LogP contribution is 2.37. The van der Waals surface area contributed by atoms with E-state index in [-0.39, 0.29) is 6.61 Å². The summed E-state index contributed by atoms with van der Waals surface area (Å²) >= 11 is 0. The van der Waals surface area contributed by atoms with Gasteiger partial charge in [-0.05, 0) is 23.8 Å². The molecule has 0 aliphatic rings. The van der Waals surface area contributed by atoms with Gasteiger partial charge in [0.05, 0.1) is 31.2 Å². The van der Waals surface area contributed by atoms with Crippen LogP contribution in [0.4, 0.5) is 11.4 Å². The minimum atomic E-state index is -0.821. The summed E-state index contributed by atoms with van der Waals surface area (Å²) in [7, 11) is 1.59. The summed E-state index contributed by atoms with van der Waals surface area (Å²) in [6, 6.07) is 11.1. The molecule has 0 saturated heterocycles. The summed E-state index contributed by atoms with van der Waals surface area (Å²) in [6.07, 6.45) is -0.512. The molecule has 2 aromatic carbocycles. The quantitative estimate of drug-likeness (QED) is 0.623. The molecule has 0 saturated carbocycles. The van der Waals surface area contributed by atoms with Crippen molar-refractivity contribution in [3.05, 3.63) is 42.0 Å². The Balaban J connectivity index is 2.52. The first-order valence-corrected chi connectivity index (χ1v) is 6.67. The molecule has 0 radical (unpaired) electrons. The Hall–Kier alpha value is -2.24. The van der Waals surface area contributed by atoms with E-state index >= 15 is 0 Å². The number of aliphatic hydroxyl groups excluding tert-OH is 2. The van der Waals surface area contributed by atoms with E-state index in [4.69, 9.17) is 21.3 Å². The van der Waals surface area contributed by atoms with E-state index in [0.717, 1.165) is 16.7 Å². The third kappa shape index (κ3) is 3.26. The van der Waals surface area contributed by atoms with E-state index in [1.165, 1.54) is 0 Å². The van der Waals surface area contributed by atoms with Crippen LogP contribution in [0.2, 0.25) is 0 Å². The molecule has 1 atom stereocenters. The first-order chi connectivity index (χ1) is 10.1. The second kappa shape index (κ2) is 6.47. The number of rotatable bonds is 5. The fourth-order valence-corrected chi connectivity index (χ4v) is 2.28. The molecule has 2 rings (SSSR count). The Morgan fingerprint density at radius 2 is 1.86 bits per heavy atom. The number of aliphatic hydroxyl groups is 2. The summed E-state index contributed by atoms with van der Waals surface area (Å²) in [6.45, 7) is -0.297. The van der Waals surface area contributed by atoms with Crippen molar-refractivity contribution in [2.45, 2.75) is 12.5 Å². The largest absolute Gasteiger partial charge is 0.496 e. The molecule has 6 N–H and O–H groups in total. The Bertz CT molecular complexity index is 629. The molecule has 112 valence electrons. The van der Waals surface area contributed by atoms with Gasteiger partial charge < -0.3 is 26.4 Å². The van der Waals surface area contributed by atoms with Gasteiger partial charge in [-0.2, -0.15) is 0 Å². The third-order valence-corrected chi connectivity index (χ3v) is 3.35. The zero-order chi connectivity index (χ0) is 15.4. The molecule has 0 aliphatic carbocycles. The van der Waals surface area contributed by atoms with Crippen molar-refractivity contribution in [2.75, 3.05) is 25.2 Å². The molecule has 0 amide bonds. The van der Waals surface area contributed by atoms with Crippen LogP contribution in [0, 0.1) is 0 Å². The maximum Gasteiger partial charge on any atom is 0.126 e. The van der Waals surface area contributed by atoms with Gasteiger partial charge in [0.25, 0.3) is 0 Å². The zero-order valence-corrected chi connectivity index (χ0v) is 11.9. The molecule has 0 spiro atoms. The van der Waals surface area contributed by atoms with Crippen LogP contribution in [0.15, 0.2) is 36.4 Å². The molecular weight excluding hydrogens is 268 g/mol. The normalized spacial score (nSPS) is 12.1. The second-order valence-corrected chi connectivity index (χ2v) is 4.89. The number of ether oxygens (including phenoxy) is 1. The highest BCUT2D eigenvalue weighted by Gasteiger charge is 2.13. The summed E-state index contributed by atoms with van der Waals surface area (Å²) < 4.78 is 5.35. The van der Waals surface area contributed by atoms with Gasteiger partial charge in [-0.1, -0.05) is 18.2 Å². The van der Waals surface area contributed by atoms with Gasteiger partial charge in [-0.25, -0.2) is 0 Å². The van der Waals surface area contributed by atoms with Crippen LogP contribution in [0.1, 0.15) is 5.56 Å². The number of hydrogen-bond acceptors (Lipinski definition) is 5. The van der Waals surface area contributed by atoms with Gasteiger partial charge in [0.2, 0.25) is 0 Å². The van der Waals surface area contributed by atoms with E-state index in [1.807, 2.05) is 30.3 Å². The molecule has 5 nitrogen and oxygen atoms in total. The number of hydrogen-bond donors (Lipinski definition) is 4. The first kappa shape index (κ1) is 15.2. The van der Waals surface area contributed by atoms with Crippen molar-refractivity contribution < 1.29 is 14.9 Å². The van der Waals surface area contributed by atoms with Crippen LogP contribution in [-0.2, 0) is 6.42 Å². The molecule has 0 bridgehead atoms. The Kier molecular flexibility index (Phi) is 4.67. The van der Waals surface area contributed by atoms with Gasteiger partial charge in [0, 0.05) is 17.5 Å². The van der Waals surface area contributed by atoms with Crippen LogP contribution in [-0.4, -0.2) is 30.0 Å². The van der Waals surface area contributed by atoms with Crippen LogP contribution in [0.3, 0.4) is 0 Å². The highest BCUT2D eigenvalue weighted by atomic mass is 16.5. The van der Waals surface area contributed by atoms with Gasteiger partial charge in [0.1, 0.15) is 5.75 Å². The maximum absolute atomic E-state index is 9.59. The molecular formula is C16H20N2O3. The number of nitrogen functional groups attached to an aromatic ring is 2. The fourth-order valence-electron chi connectivity index (χ4n) is 2.28. The third-order valence-electron chi connectivity index (χ3n) is 3.35. The van der Waals surface area contributed by atoms with Gasteiger partial charge in [-0.3, -0.25) is 0 Å². The fraction of sp³-hybridized carbons (Fsp3) is 0.250. The average molecular weight is 288 g/mol.